The second kappa shape index (κ2) is 7.13. The third kappa shape index (κ3) is 4.49. The van der Waals surface area contributed by atoms with E-state index in [4.69, 9.17) is 14.6 Å². The molecule has 1 heterocycles. The average molecular weight is 306 g/mol. The van der Waals surface area contributed by atoms with E-state index in [-0.39, 0.29) is 4.88 Å². The topological polar surface area (TPSA) is 55.8 Å². The highest BCUT2D eigenvalue weighted by atomic mass is 32.1. The van der Waals surface area contributed by atoms with E-state index in [2.05, 4.69) is 13.8 Å². The molecule has 0 unspecified atom stereocenters. The van der Waals surface area contributed by atoms with Crippen molar-refractivity contribution in [3.05, 3.63) is 45.6 Å². The summed E-state index contributed by atoms with van der Waals surface area (Å²) in [5, 5.41) is 10.5. The van der Waals surface area contributed by atoms with Crippen LogP contribution in [-0.2, 0) is 0 Å². The Morgan fingerprint density at radius 3 is 2.43 bits per heavy atom. The van der Waals surface area contributed by atoms with Crippen molar-refractivity contribution in [1.82, 2.24) is 0 Å². The lowest BCUT2D eigenvalue weighted by Crippen LogP contribution is -2.04. The quantitative estimate of drug-likeness (QED) is 0.788. The van der Waals surface area contributed by atoms with E-state index < -0.39 is 5.97 Å². The molecule has 0 bridgehead atoms. The number of aromatic carboxylic acids is 1. The van der Waals surface area contributed by atoms with Crippen LogP contribution in [0.1, 0.15) is 27.2 Å². The van der Waals surface area contributed by atoms with Gasteiger partial charge in [-0.15, -0.1) is 11.3 Å². The van der Waals surface area contributed by atoms with E-state index in [1.807, 2.05) is 18.2 Å². The molecular weight excluding hydrogens is 288 g/mol. The summed E-state index contributed by atoms with van der Waals surface area (Å²) in [6.45, 7) is 5.19. The molecule has 4 nitrogen and oxygen atoms in total. The maximum atomic E-state index is 10.7. The number of rotatable bonds is 7. The van der Waals surface area contributed by atoms with Crippen molar-refractivity contribution in [2.75, 3.05) is 13.2 Å². The van der Waals surface area contributed by atoms with Crippen LogP contribution >= 0.6 is 11.3 Å². The van der Waals surface area contributed by atoms with Gasteiger partial charge in [0.15, 0.2) is 0 Å². The third-order valence-corrected chi connectivity index (χ3v) is 3.99. The number of carboxylic acid groups (broad SMARTS) is 1. The Labute approximate surface area is 128 Å². The van der Waals surface area contributed by atoms with Crippen molar-refractivity contribution in [3.63, 3.8) is 0 Å². The van der Waals surface area contributed by atoms with E-state index in [9.17, 15) is 4.79 Å². The summed E-state index contributed by atoms with van der Waals surface area (Å²) in [5.74, 6) is 0.540. The van der Waals surface area contributed by atoms with Crippen LogP contribution in [0, 0.1) is 13.8 Å². The van der Waals surface area contributed by atoms with E-state index >= 15 is 0 Å². The molecule has 0 fully saturated rings. The molecule has 5 heteroatoms. The van der Waals surface area contributed by atoms with Gasteiger partial charge in [0, 0.05) is 17.9 Å². The molecule has 0 saturated carbocycles. The zero-order valence-corrected chi connectivity index (χ0v) is 12.9. The van der Waals surface area contributed by atoms with E-state index in [1.54, 1.807) is 5.38 Å². The largest absolute Gasteiger partial charge is 0.493 e. The van der Waals surface area contributed by atoms with Crippen molar-refractivity contribution in [3.8, 4) is 11.5 Å². The Morgan fingerprint density at radius 1 is 1.10 bits per heavy atom. The van der Waals surface area contributed by atoms with Gasteiger partial charge in [-0.2, -0.15) is 0 Å². The first kappa shape index (κ1) is 15.4. The van der Waals surface area contributed by atoms with Crippen molar-refractivity contribution >= 4 is 17.3 Å². The molecule has 0 atom stereocenters. The number of benzene rings is 1. The van der Waals surface area contributed by atoms with Gasteiger partial charge in [-0.1, -0.05) is 6.07 Å². The zero-order valence-electron chi connectivity index (χ0n) is 12.1. The summed E-state index contributed by atoms with van der Waals surface area (Å²) in [7, 11) is 0. The van der Waals surface area contributed by atoms with Gasteiger partial charge in [0.05, 0.1) is 13.2 Å². The fourth-order valence-corrected chi connectivity index (χ4v) is 2.41. The summed E-state index contributed by atoms with van der Waals surface area (Å²) in [4.78, 5) is 11.0. The Hall–Kier alpha value is -2.01. The van der Waals surface area contributed by atoms with Gasteiger partial charge in [0.25, 0.3) is 0 Å². The van der Waals surface area contributed by atoms with E-state index in [0.29, 0.717) is 19.0 Å². The number of thiophene rings is 1. The monoisotopic (exact) mass is 306 g/mol. The molecule has 0 amide bonds. The minimum absolute atomic E-state index is 0.288. The summed E-state index contributed by atoms with van der Waals surface area (Å²) >= 11 is 1.17. The second-order valence-electron chi connectivity index (χ2n) is 4.75. The first-order valence-corrected chi connectivity index (χ1v) is 7.59. The molecule has 0 aliphatic rings. The van der Waals surface area contributed by atoms with Crippen LogP contribution < -0.4 is 9.47 Å². The van der Waals surface area contributed by atoms with Gasteiger partial charge in [-0.05, 0) is 37.1 Å². The molecule has 2 aromatic rings. The Morgan fingerprint density at radius 2 is 1.81 bits per heavy atom. The van der Waals surface area contributed by atoms with Crippen molar-refractivity contribution in [2.24, 2.45) is 0 Å². The van der Waals surface area contributed by atoms with E-state index in [1.165, 1.54) is 28.5 Å². The van der Waals surface area contributed by atoms with Crippen LogP contribution in [0.5, 0.6) is 11.5 Å². The highest BCUT2D eigenvalue weighted by molar-refractivity contribution is 7.12. The van der Waals surface area contributed by atoms with Gasteiger partial charge in [0.1, 0.15) is 16.4 Å². The van der Waals surface area contributed by atoms with Crippen LogP contribution in [0.3, 0.4) is 0 Å². The highest BCUT2D eigenvalue weighted by Crippen LogP contribution is 2.21. The highest BCUT2D eigenvalue weighted by Gasteiger charge is 2.07. The van der Waals surface area contributed by atoms with Crippen molar-refractivity contribution in [2.45, 2.75) is 20.3 Å². The van der Waals surface area contributed by atoms with Gasteiger partial charge in [0.2, 0.25) is 0 Å². The third-order valence-electron chi connectivity index (χ3n) is 3.09. The van der Waals surface area contributed by atoms with Gasteiger partial charge < -0.3 is 14.6 Å². The van der Waals surface area contributed by atoms with Gasteiger partial charge in [-0.3, -0.25) is 0 Å². The van der Waals surface area contributed by atoms with Crippen LogP contribution in [-0.4, -0.2) is 24.3 Å². The number of aryl methyl sites for hydroxylation is 2. The lowest BCUT2D eigenvalue weighted by Gasteiger charge is -2.08. The molecule has 1 aromatic heterocycles. The second-order valence-corrected chi connectivity index (χ2v) is 5.66. The Balaban J connectivity index is 1.69. The number of carboxylic acids is 1. The predicted molar refractivity (Wildman–Crippen MR) is 82.8 cm³/mol. The first-order valence-electron chi connectivity index (χ1n) is 6.71. The standard InChI is InChI=1S/C16H18O4S/c1-11-4-5-13(8-12(11)2)19-6-3-7-20-14-9-15(16(17)18)21-10-14/h4-5,8-10H,3,6-7H2,1-2H3,(H,17,18). The number of hydrogen-bond donors (Lipinski definition) is 1. The summed E-state index contributed by atoms with van der Waals surface area (Å²) in [6, 6.07) is 7.56. The minimum Gasteiger partial charge on any atom is -0.493 e. The zero-order chi connectivity index (χ0) is 15.2. The molecule has 0 radical (unpaired) electrons. The lowest BCUT2D eigenvalue weighted by atomic mass is 10.1. The van der Waals surface area contributed by atoms with Crippen LogP contribution in [0.4, 0.5) is 0 Å². The summed E-state index contributed by atoms with van der Waals surface area (Å²) in [5.41, 5.74) is 2.46. The Kier molecular flexibility index (Phi) is 5.22. The minimum atomic E-state index is -0.923. The van der Waals surface area contributed by atoms with Crippen molar-refractivity contribution in [1.29, 1.82) is 0 Å². The molecule has 21 heavy (non-hydrogen) atoms. The fourth-order valence-electron chi connectivity index (χ4n) is 1.75. The number of carbonyl (C=O) groups is 1. The fraction of sp³-hybridized carbons (Fsp3) is 0.312. The molecule has 2 rings (SSSR count). The average Bonchev–Trinajstić information content (AvgIpc) is 2.91. The first-order chi connectivity index (χ1) is 10.1. The molecule has 0 aliphatic carbocycles. The molecule has 112 valence electrons. The van der Waals surface area contributed by atoms with Gasteiger partial charge >= 0.3 is 5.97 Å². The lowest BCUT2D eigenvalue weighted by molar-refractivity contribution is 0.0702. The maximum absolute atomic E-state index is 10.7. The maximum Gasteiger partial charge on any atom is 0.346 e. The summed E-state index contributed by atoms with van der Waals surface area (Å²) in [6.07, 6.45) is 0.741. The number of hydrogen-bond acceptors (Lipinski definition) is 4. The van der Waals surface area contributed by atoms with Crippen LogP contribution in [0.25, 0.3) is 0 Å². The number of ether oxygens (including phenoxy) is 2. The molecule has 0 spiro atoms. The molecule has 1 aromatic carbocycles. The van der Waals surface area contributed by atoms with Crippen molar-refractivity contribution < 1.29 is 19.4 Å². The molecule has 1 N–H and O–H groups in total. The normalized spacial score (nSPS) is 10.4. The SMILES string of the molecule is Cc1ccc(OCCCOc2csc(C(=O)O)c2)cc1C. The van der Waals surface area contributed by atoms with Gasteiger partial charge in [-0.25, -0.2) is 4.79 Å². The molecule has 0 saturated heterocycles. The predicted octanol–water partition coefficient (Wildman–Crippen LogP) is 3.91. The Bertz CT molecular complexity index is 618. The molecule has 0 aliphatic heterocycles. The smallest absolute Gasteiger partial charge is 0.346 e. The van der Waals surface area contributed by atoms with Crippen LogP contribution in [0.2, 0.25) is 0 Å². The van der Waals surface area contributed by atoms with Crippen LogP contribution in [0.15, 0.2) is 29.6 Å². The molecular formula is C16H18O4S. The van der Waals surface area contributed by atoms with E-state index in [0.717, 1.165) is 12.2 Å². The summed E-state index contributed by atoms with van der Waals surface area (Å²) < 4.78 is 11.1.